The van der Waals surface area contributed by atoms with Crippen molar-refractivity contribution < 1.29 is 18.3 Å². The Labute approximate surface area is 139 Å². The first kappa shape index (κ1) is 17.1. The summed E-state index contributed by atoms with van der Waals surface area (Å²) < 4.78 is 29.3. The predicted molar refractivity (Wildman–Crippen MR) is 88.6 cm³/mol. The van der Waals surface area contributed by atoms with Crippen LogP contribution in [0.2, 0.25) is 5.02 Å². The van der Waals surface area contributed by atoms with E-state index in [9.17, 15) is 13.5 Å². The normalized spacial score (nSPS) is 11.6. The smallest absolute Gasteiger partial charge is 0.276 e. The minimum absolute atomic E-state index is 0.0336. The number of rotatable bonds is 6. The molecule has 8 heteroatoms. The molecule has 122 valence electrons. The fourth-order valence-electron chi connectivity index (χ4n) is 1.75. The Morgan fingerprint density at radius 2 is 1.96 bits per heavy atom. The lowest BCUT2D eigenvalue weighted by Gasteiger charge is -2.07. The van der Waals surface area contributed by atoms with E-state index in [0.717, 1.165) is 0 Å². The number of ether oxygens (including phenoxy) is 1. The largest absolute Gasteiger partial charge is 0.504 e. The second-order valence-corrected chi connectivity index (χ2v) is 6.53. The monoisotopic (exact) mass is 354 g/mol. The van der Waals surface area contributed by atoms with E-state index in [1.807, 2.05) is 0 Å². The van der Waals surface area contributed by atoms with Crippen LogP contribution in [-0.4, -0.2) is 26.3 Å². The third-order valence-corrected chi connectivity index (χ3v) is 4.32. The molecular formula is C15H15ClN2O4S. The van der Waals surface area contributed by atoms with E-state index in [-0.39, 0.29) is 10.6 Å². The number of benzene rings is 2. The first-order valence-electron chi connectivity index (χ1n) is 6.69. The van der Waals surface area contributed by atoms with E-state index in [0.29, 0.717) is 22.9 Å². The fraction of sp³-hybridized carbons (Fsp3) is 0.133. The third kappa shape index (κ3) is 4.37. The second-order valence-electron chi connectivity index (χ2n) is 4.43. The molecule has 0 spiro atoms. The van der Waals surface area contributed by atoms with Crippen molar-refractivity contribution in [1.82, 2.24) is 4.83 Å². The van der Waals surface area contributed by atoms with Crippen molar-refractivity contribution in [1.29, 1.82) is 0 Å². The van der Waals surface area contributed by atoms with Gasteiger partial charge in [-0.1, -0.05) is 17.7 Å². The highest BCUT2D eigenvalue weighted by Crippen LogP contribution is 2.28. The predicted octanol–water partition coefficient (Wildman–Crippen LogP) is 2.76. The summed E-state index contributed by atoms with van der Waals surface area (Å²) in [6.07, 6.45) is 1.20. The molecule has 0 aliphatic carbocycles. The standard InChI is InChI=1S/C15H15ClN2O4S/c1-2-22-14-5-3-4-11(15(14)19)10-17-18-23(20,21)13-8-6-12(16)7-9-13/h3-10,18-19H,2H2,1H3/b17-10+. The quantitative estimate of drug-likeness (QED) is 0.616. The average molecular weight is 355 g/mol. The molecule has 0 saturated heterocycles. The zero-order valence-electron chi connectivity index (χ0n) is 12.2. The van der Waals surface area contributed by atoms with E-state index in [1.165, 1.54) is 30.5 Å². The molecule has 0 unspecified atom stereocenters. The van der Waals surface area contributed by atoms with Crippen LogP contribution in [0.1, 0.15) is 12.5 Å². The molecule has 0 heterocycles. The summed E-state index contributed by atoms with van der Waals surface area (Å²) in [7, 11) is -3.80. The minimum Gasteiger partial charge on any atom is -0.504 e. The van der Waals surface area contributed by atoms with Gasteiger partial charge >= 0.3 is 0 Å². The highest BCUT2D eigenvalue weighted by molar-refractivity contribution is 7.89. The van der Waals surface area contributed by atoms with Crippen molar-refractivity contribution in [2.45, 2.75) is 11.8 Å². The molecule has 2 rings (SSSR count). The van der Waals surface area contributed by atoms with Gasteiger partial charge in [-0.3, -0.25) is 0 Å². The third-order valence-electron chi connectivity index (χ3n) is 2.83. The molecule has 2 aromatic rings. The molecule has 6 nitrogen and oxygen atoms in total. The van der Waals surface area contributed by atoms with Gasteiger partial charge in [-0.2, -0.15) is 13.5 Å². The van der Waals surface area contributed by atoms with Gasteiger partial charge in [0, 0.05) is 10.6 Å². The molecule has 0 aliphatic heterocycles. The van der Waals surface area contributed by atoms with Crippen LogP contribution in [0, 0.1) is 0 Å². The van der Waals surface area contributed by atoms with Crippen LogP contribution < -0.4 is 9.57 Å². The van der Waals surface area contributed by atoms with Gasteiger partial charge in [0.15, 0.2) is 11.5 Å². The molecule has 0 saturated carbocycles. The summed E-state index contributed by atoms with van der Waals surface area (Å²) in [4.78, 5) is 2.10. The molecule has 0 aliphatic rings. The van der Waals surface area contributed by atoms with Gasteiger partial charge in [-0.15, -0.1) is 0 Å². The van der Waals surface area contributed by atoms with Crippen LogP contribution >= 0.6 is 11.6 Å². The molecule has 0 fully saturated rings. The van der Waals surface area contributed by atoms with Crippen LogP contribution in [-0.2, 0) is 10.0 Å². The molecule has 2 N–H and O–H groups in total. The van der Waals surface area contributed by atoms with Crippen molar-refractivity contribution in [2.24, 2.45) is 5.10 Å². The van der Waals surface area contributed by atoms with Crippen LogP contribution in [0.3, 0.4) is 0 Å². The Hall–Kier alpha value is -2.25. The van der Waals surface area contributed by atoms with E-state index in [2.05, 4.69) is 9.93 Å². The number of nitrogens with zero attached hydrogens (tertiary/aromatic N) is 1. The number of para-hydroxylation sites is 1. The fourth-order valence-corrected chi connectivity index (χ4v) is 2.66. The number of aromatic hydroxyl groups is 1. The van der Waals surface area contributed by atoms with Crippen LogP contribution in [0.4, 0.5) is 0 Å². The Bertz CT molecular complexity index is 805. The van der Waals surface area contributed by atoms with Gasteiger partial charge in [0.05, 0.1) is 17.7 Å². The second kappa shape index (κ2) is 7.34. The molecule has 0 radical (unpaired) electrons. The molecule has 23 heavy (non-hydrogen) atoms. The number of phenols is 1. The number of phenolic OH excluding ortho intramolecular Hbond substituents is 1. The number of nitrogens with one attached hydrogen (secondary N) is 1. The van der Waals surface area contributed by atoms with Gasteiger partial charge in [0.1, 0.15) is 0 Å². The van der Waals surface area contributed by atoms with Crippen LogP contribution in [0.5, 0.6) is 11.5 Å². The summed E-state index contributed by atoms with van der Waals surface area (Å²) in [6, 6.07) is 10.5. The summed E-state index contributed by atoms with van der Waals surface area (Å²) >= 11 is 5.72. The summed E-state index contributed by atoms with van der Waals surface area (Å²) in [5, 5.41) is 14.1. The first-order chi connectivity index (χ1) is 10.9. The molecule has 0 aromatic heterocycles. The lowest BCUT2D eigenvalue weighted by molar-refractivity contribution is 0.318. The van der Waals surface area contributed by atoms with Gasteiger partial charge in [0.25, 0.3) is 10.0 Å². The Morgan fingerprint density at radius 3 is 2.61 bits per heavy atom. The van der Waals surface area contributed by atoms with Crippen molar-refractivity contribution in [2.75, 3.05) is 6.61 Å². The van der Waals surface area contributed by atoms with Crippen molar-refractivity contribution in [3.8, 4) is 11.5 Å². The van der Waals surface area contributed by atoms with Crippen molar-refractivity contribution >= 4 is 27.8 Å². The summed E-state index contributed by atoms with van der Waals surface area (Å²) in [5.41, 5.74) is 0.328. The van der Waals surface area contributed by atoms with E-state index in [4.69, 9.17) is 16.3 Å². The van der Waals surface area contributed by atoms with E-state index < -0.39 is 10.0 Å². The van der Waals surface area contributed by atoms with E-state index >= 15 is 0 Å². The van der Waals surface area contributed by atoms with Gasteiger partial charge in [-0.25, -0.2) is 4.83 Å². The number of sulfonamides is 1. The molecule has 0 atom stereocenters. The Morgan fingerprint density at radius 1 is 1.26 bits per heavy atom. The topological polar surface area (TPSA) is 88.0 Å². The molecular weight excluding hydrogens is 340 g/mol. The van der Waals surface area contributed by atoms with Crippen molar-refractivity contribution in [3.05, 3.63) is 53.1 Å². The summed E-state index contributed by atoms with van der Waals surface area (Å²) in [6.45, 7) is 2.19. The Balaban J connectivity index is 2.15. The highest BCUT2D eigenvalue weighted by Gasteiger charge is 2.12. The first-order valence-corrected chi connectivity index (χ1v) is 8.55. The number of hydrogen-bond acceptors (Lipinski definition) is 5. The SMILES string of the molecule is CCOc1cccc(/C=N/NS(=O)(=O)c2ccc(Cl)cc2)c1O. The maximum Gasteiger partial charge on any atom is 0.276 e. The molecule has 2 aromatic carbocycles. The number of hydrazone groups is 1. The van der Waals surface area contributed by atoms with Crippen LogP contribution in [0.25, 0.3) is 0 Å². The molecule has 0 amide bonds. The van der Waals surface area contributed by atoms with Gasteiger partial charge < -0.3 is 9.84 Å². The van der Waals surface area contributed by atoms with Gasteiger partial charge in [0.2, 0.25) is 0 Å². The maximum absolute atomic E-state index is 12.0. The average Bonchev–Trinajstić information content (AvgIpc) is 2.51. The highest BCUT2D eigenvalue weighted by atomic mass is 35.5. The molecule has 0 bridgehead atoms. The minimum atomic E-state index is -3.80. The Kier molecular flexibility index (Phi) is 5.46. The van der Waals surface area contributed by atoms with Gasteiger partial charge in [-0.05, 0) is 43.3 Å². The lowest BCUT2D eigenvalue weighted by atomic mass is 10.2. The lowest BCUT2D eigenvalue weighted by Crippen LogP contribution is -2.18. The zero-order chi connectivity index (χ0) is 16.9. The number of hydrogen-bond donors (Lipinski definition) is 2. The van der Waals surface area contributed by atoms with Crippen LogP contribution in [0.15, 0.2) is 52.5 Å². The van der Waals surface area contributed by atoms with Crippen molar-refractivity contribution in [3.63, 3.8) is 0 Å². The maximum atomic E-state index is 12.0. The number of halogens is 1. The summed E-state index contributed by atoms with van der Waals surface area (Å²) in [5.74, 6) is 0.195. The zero-order valence-corrected chi connectivity index (χ0v) is 13.8. The van der Waals surface area contributed by atoms with E-state index in [1.54, 1.807) is 25.1 Å².